The first-order chi connectivity index (χ1) is 9.50. The molecule has 3 heteroatoms. The highest BCUT2D eigenvalue weighted by Crippen LogP contribution is 2.25. The molecule has 3 nitrogen and oxygen atoms in total. The first kappa shape index (κ1) is 14.5. The van der Waals surface area contributed by atoms with E-state index < -0.39 is 0 Å². The van der Waals surface area contributed by atoms with Crippen molar-refractivity contribution in [3.63, 3.8) is 0 Å². The van der Waals surface area contributed by atoms with Crippen molar-refractivity contribution >= 4 is 5.95 Å². The average molecular weight is 269 g/mol. The van der Waals surface area contributed by atoms with Crippen LogP contribution >= 0.6 is 0 Å². The van der Waals surface area contributed by atoms with Gasteiger partial charge in [0.25, 0.3) is 0 Å². The number of benzene rings is 1. The van der Waals surface area contributed by atoms with Crippen LogP contribution in [0.25, 0.3) is 11.3 Å². The third-order valence-corrected chi connectivity index (χ3v) is 3.24. The monoisotopic (exact) mass is 269 g/mol. The van der Waals surface area contributed by atoms with E-state index in [9.17, 15) is 0 Å². The fourth-order valence-electron chi connectivity index (χ4n) is 1.98. The summed E-state index contributed by atoms with van der Waals surface area (Å²) in [5.41, 5.74) is 3.59. The first-order valence-electron chi connectivity index (χ1n) is 7.18. The molecule has 0 atom stereocenters. The van der Waals surface area contributed by atoms with Gasteiger partial charge in [-0.1, -0.05) is 52.0 Å². The van der Waals surface area contributed by atoms with Crippen molar-refractivity contribution in [2.75, 3.05) is 11.9 Å². The predicted octanol–water partition coefficient (Wildman–Crippen LogP) is 4.26. The minimum absolute atomic E-state index is 0.179. The van der Waals surface area contributed by atoms with Crippen molar-refractivity contribution in [3.05, 3.63) is 42.1 Å². The van der Waals surface area contributed by atoms with E-state index in [2.05, 4.69) is 67.2 Å². The van der Waals surface area contributed by atoms with Crippen molar-refractivity contribution < 1.29 is 0 Å². The molecule has 2 rings (SSSR count). The number of hydrogen-bond donors (Lipinski definition) is 1. The lowest BCUT2D eigenvalue weighted by Gasteiger charge is -2.19. The van der Waals surface area contributed by atoms with Gasteiger partial charge in [0.05, 0.1) is 5.69 Å². The minimum atomic E-state index is 0.179. The van der Waals surface area contributed by atoms with E-state index in [1.165, 1.54) is 5.56 Å². The third-order valence-electron chi connectivity index (χ3n) is 3.24. The van der Waals surface area contributed by atoms with Gasteiger partial charge in [-0.2, -0.15) is 0 Å². The van der Waals surface area contributed by atoms with Crippen molar-refractivity contribution in [3.8, 4) is 11.3 Å². The number of aromatic nitrogens is 2. The van der Waals surface area contributed by atoms with Crippen molar-refractivity contribution in [1.29, 1.82) is 0 Å². The largest absolute Gasteiger partial charge is 0.354 e. The minimum Gasteiger partial charge on any atom is -0.354 e. The van der Waals surface area contributed by atoms with Crippen LogP contribution in [0.15, 0.2) is 36.5 Å². The van der Waals surface area contributed by atoms with Crippen LogP contribution in [0.5, 0.6) is 0 Å². The second-order valence-corrected chi connectivity index (χ2v) is 6.02. The average Bonchev–Trinajstić information content (AvgIpc) is 2.45. The summed E-state index contributed by atoms with van der Waals surface area (Å²) in [5, 5.41) is 3.22. The molecule has 1 N–H and O–H groups in total. The zero-order valence-electron chi connectivity index (χ0n) is 12.8. The molecule has 0 radical (unpaired) electrons. The van der Waals surface area contributed by atoms with Gasteiger partial charge in [0, 0.05) is 18.3 Å². The van der Waals surface area contributed by atoms with Crippen molar-refractivity contribution in [2.45, 2.75) is 39.5 Å². The third kappa shape index (κ3) is 3.56. The van der Waals surface area contributed by atoms with Crippen LogP contribution in [0.1, 0.15) is 39.7 Å². The van der Waals surface area contributed by atoms with Crippen LogP contribution in [0.3, 0.4) is 0 Å². The number of nitrogens with one attached hydrogen (secondary N) is 1. The molecule has 0 amide bonds. The molecule has 0 saturated carbocycles. The Labute approximate surface area is 121 Å². The summed E-state index contributed by atoms with van der Waals surface area (Å²) in [6, 6.07) is 10.6. The molecule has 1 aromatic heterocycles. The van der Waals surface area contributed by atoms with E-state index in [1.54, 1.807) is 6.20 Å². The second-order valence-electron chi connectivity index (χ2n) is 6.02. The SMILES string of the molecule is CCCNc1nccc(-c2ccc(C(C)(C)C)cc2)n1. The molecule has 0 spiro atoms. The maximum absolute atomic E-state index is 4.55. The van der Waals surface area contributed by atoms with Gasteiger partial charge in [0.1, 0.15) is 0 Å². The molecule has 106 valence electrons. The van der Waals surface area contributed by atoms with E-state index in [1.807, 2.05) is 6.07 Å². The predicted molar refractivity (Wildman–Crippen MR) is 84.9 cm³/mol. The molecule has 0 unspecified atom stereocenters. The lowest BCUT2D eigenvalue weighted by Crippen LogP contribution is -2.10. The van der Waals surface area contributed by atoms with Gasteiger partial charge in [-0.25, -0.2) is 9.97 Å². The molecule has 0 saturated heterocycles. The fourth-order valence-corrected chi connectivity index (χ4v) is 1.98. The molecule has 0 bridgehead atoms. The Bertz CT molecular complexity index is 553. The van der Waals surface area contributed by atoms with Crippen LogP contribution in [0, 0.1) is 0 Å². The molecule has 0 aliphatic carbocycles. The molecule has 0 fully saturated rings. The maximum Gasteiger partial charge on any atom is 0.223 e. The Balaban J connectivity index is 2.23. The van der Waals surface area contributed by atoms with Gasteiger partial charge in [0.2, 0.25) is 5.95 Å². The molecule has 0 aliphatic rings. The van der Waals surface area contributed by atoms with Crippen molar-refractivity contribution in [2.24, 2.45) is 0 Å². The smallest absolute Gasteiger partial charge is 0.223 e. The summed E-state index contributed by atoms with van der Waals surface area (Å²) < 4.78 is 0. The lowest BCUT2D eigenvalue weighted by molar-refractivity contribution is 0.590. The zero-order chi connectivity index (χ0) is 14.6. The zero-order valence-corrected chi connectivity index (χ0v) is 12.8. The highest BCUT2D eigenvalue weighted by atomic mass is 15.1. The standard InChI is InChI=1S/C17H23N3/c1-5-11-18-16-19-12-10-15(20-16)13-6-8-14(9-7-13)17(2,3)4/h6-10,12H,5,11H2,1-4H3,(H,18,19,20). The summed E-state index contributed by atoms with van der Waals surface area (Å²) >= 11 is 0. The Hall–Kier alpha value is -1.90. The Morgan fingerprint density at radius 1 is 1.05 bits per heavy atom. The van der Waals surface area contributed by atoms with Crippen LogP contribution < -0.4 is 5.32 Å². The topological polar surface area (TPSA) is 37.8 Å². The molecule has 0 aliphatic heterocycles. The summed E-state index contributed by atoms with van der Waals surface area (Å²) in [7, 11) is 0. The molecular formula is C17H23N3. The van der Waals surface area contributed by atoms with Crippen LogP contribution in [-0.2, 0) is 5.41 Å². The first-order valence-corrected chi connectivity index (χ1v) is 7.18. The summed E-state index contributed by atoms with van der Waals surface area (Å²) in [5.74, 6) is 0.698. The number of anilines is 1. The number of rotatable bonds is 4. The molecule has 2 aromatic rings. The van der Waals surface area contributed by atoms with E-state index in [0.29, 0.717) is 5.95 Å². The Morgan fingerprint density at radius 3 is 2.35 bits per heavy atom. The molecule has 20 heavy (non-hydrogen) atoms. The second kappa shape index (κ2) is 6.04. The lowest BCUT2D eigenvalue weighted by atomic mass is 9.86. The Morgan fingerprint density at radius 2 is 1.75 bits per heavy atom. The van der Waals surface area contributed by atoms with Crippen LogP contribution in [0.2, 0.25) is 0 Å². The van der Waals surface area contributed by atoms with Gasteiger partial charge < -0.3 is 5.32 Å². The van der Waals surface area contributed by atoms with E-state index in [0.717, 1.165) is 24.2 Å². The number of nitrogens with zero attached hydrogens (tertiary/aromatic N) is 2. The van der Waals surface area contributed by atoms with Gasteiger partial charge in [-0.15, -0.1) is 0 Å². The fraction of sp³-hybridized carbons (Fsp3) is 0.412. The van der Waals surface area contributed by atoms with Crippen LogP contribution in [-0.4, -0.2) is 16.5 Å². The molecule has 1 aromatic carbocycles. The highest BCUT2D eigenvalue weighted by Gasteiger charge is 2.13. The summed E-state index contributed by atoms with van der Waals surface area (Å²) in [4.78, 5) is 8.79. The van der Waals surface area contributed by atoms with E-state index >= 15 is 0 Å². The van der Waals surface area contributed by atoms with Gasteiger partial charge in [-0.05, 0) is 23.5 Å². The number of hydrogen-bond acceptors (Lipinski definition) is 3. The van der Waals surface area contributed by atoms with E-state index in [4.69, 9.17) is 0 Å². The summed E-state index contributed by atoms with van der Waals surface area (Å²) in [6.07, 6.45) is 2.87. The van der Waals surface area contributed by atoms with Gasteiger partial charge in [0.15, 0.2) is 0 Å². The highest BCUT2D eigenvalue weighted by molar-refractivity contribution is 5.60. The quantitative estimate of drug-likeness (QED) is 0.901. The van der Waals surface area contributed by atoms with Gasteiger partial charge >= 0.3 is 0 Å². The van der Waals surface area contributed by atoms with Crippen molar-refractivity contribution in [1.82, 2.24) is 9.97 Å². The Kier molecular flexibility index (Phi) is 4.38. The molecular weight excluding hydrogens is 246 g/mol. The maximum atomic E-state index is 4.55. The molecule has 1 heterocycles. The van der Waals surface area contributed by atoms with Gasteiger partial charge in [-0.3, -0.25) is 0 Å². The van der Waals surface area contributed by atoms with E-state index in [-0.39, 0.29) is 5.41 Å². The normalized spacial score (nSPS) is 11.4. The van der Waals surface area contributed by atoms with Crippen LogP contribution in [0.4, 0.5) is 5.95 Å². The summed E-state index contributed by atoms with van der Waals surface area (Å²) in [6.45, 7) is 9.69.